The van der Waals surface area contributed by atoms with Gasteiger partial charge in [0.05, 0.1) is 24.6 Å². The summed E-state index contributed by atoms with van der Waals surface area (Å²) in [4.78, 5) is 14.3. The summed E-state index contributed by atoms with van der Waals surface area (Å²) in [5.41, 5.74) is 2.40. The molecule has 7 heteroatoms. The number of rotatable bonds is 7. The normalized spacial score (nSPS) is 14.1. The first-order chi connectivity index (χ1) is 12.8. The smallest absolute Gasteiger partial charge is 0.271 e. The van der Waals surface area contributed by atoms with Gasteiger partial charge in [-0.2, -0.15) is 0 Å². The molecule has 7 nitrogen and oxygen atoms in total. The third-order valence-corrected chi connectivity index (χ3v) is 4.23. The number of amides is 1. The molecule has 0 saturated carbocycles. The van der Waals surface area contributed by atoms with Crippen LogP contribution < -0.4 is 15.5 Å². The molecule has 1 amide bonds. The summed E-state index contributed by atoms with van der Waals surface area (Å²) < 4.78 is 5.43. The number of benzene rings is 1. The molecule has 0 radical (unpaired) electrons. The van der Waals surface area contributed by atoms with E-state index < -0.39 is 0 Å². The van der Waals surface area contributed by atoms with Crippen LogP contribution >= 0.6 is 0 Å². The third-order valence-electron chi connectivity index (χ3n) is 4.23. The maximum Gasteiger partial charge on any atom is 0.271 e. The van der Waals surface area contributed by atoms with E-state index in [-0.39, 0.29) is 5.91 Å². The number of aromatic nitrogens is 2. The Labute approximate surface area is 153 Å². The van der Waals surface area contributed by atoms with Gasteiger partial charge >= 0.3 is 0 Å². The van der Waals surface area contributed by atoms with E-state index >= 15 is 0 Å². The molecule has 0 unspecified atom stereocenters. The van der Waals surface area contributed by atoms with Crippen LogP contribution in [0.4, 0.5) is 17.2 Å². The molecular weight excluding hydrogens is 330 g/mol. The molecule has 2 heterocycles. The maximum absolute atomic E-state index is 12.0. The van der Waals surface area contributed by atoms with Gasteiger partial charge in [0, 0.05) is 19.6 Å². The van der Waals surface area contributed by atoms with Gasteiger partial charge in [-0.05, 0) is 30.7 Å². The fraction of sp³-hybridized carbons (Fsp3) is 0.421. The molecule has 138 valence electrons. The van der Waals surface area contributed by atoms with Crippen molar-refractivity contribution in [1.82, 2.24) is 15.5 Å². The molecule has 2 N–H and O–H groups in total. The van der Waals surface area contributed by atoms with Gasteiger partial charge in [0.15, 0.2) is 11.5 Å². The molecule has 1 aliphatic heterocycles. The second-order valence-electron chi connectivity index (χ2n) is 6.15. The molecule has 2 aromatic rings. The highest BCUT2D eigenvalue weighted by Crippen LogP contribution is 2.28. The average Bonchev–Trinajstić information content (AvgIpc) is 2.70. The number of morpholine rings is 1. The summed E-state index contributed by atoms with van der Waals surface area (Å²) in [6.45, 7) is 5.93. The Bertz CT molecular complexity index is 714. The van der Waals surface area contributed by atoms with Crippen LogP contribution in [0.15, 0.2) is 36.4 Å². The lowest BCUT2D eigenvalue weighted by atomic mass is 10.2. The second kappa shape index (κ2) is 9.15. The first-order valence-electron chi connectivity index (χ1n) is 9.08. The highest BCUT2D eigenvalue weighted by atomic mass is 16.5. The minimum absolute atomic E-state index is 0.189. The molecular formula is C19H25N5O2. The van der Waals surface area contributed by atoms with Gasteiger partial charge in [-0.1, -0.05) is 25.5 Å². The van der Waals surface area contributed by atoms with Crippen molar-refractivity contribution < 1.29 is 9.53 Å². The molecule has 1 aliphatic rings. The van der Waals surface area contributed by atoms with Crippen LogP contribution in [-0.4, -0.2) is 49.0 Å². The number of hydrogen-bond acceptors (Lipinski definition) is 6. The number of carbonyl (C=O) groups is 1. The number of para-hydroxylation sites is 2. The first kappa shape index (κ1) is 18.1. The van der Waals surface area contributed by atoms with E-state index in [0.717, 1.165) is 50.5 Å². The third kappa shape index (κ3) is 4.70. The van der Waals surface area contributed by atoms with E-state index in [1.165, 1.54) is 0 Å². The van der Waals surface area contributed by atoms with Crippen LogP contribution in [-0.2, 0) is 4.74 Å². The zero-order valence-electron chi connectivity index (χ0n) is 15.1. The van der Waals surface area contributed by atoms with E-state index in [1.807, 2.05) is 18.2 Å². The predicted octanol–water partition coefficient (Wildman–Crippen LogP) is 2.59. The molecule has 1 aromatic heterocycles. The Kier molecular flexibility index (Phi) is 6.38. The summed E-state index contributed by atoms with van der Waals surface area (Å²) in [6.07, 6.45) is 1.99. The van der Waals surface area contributed by atoms with Crippen LogP contribution in [0.1, 0.15) is 30.3 Å². The highest BCUT2D eigenvalue weighted by molar-refractivity contribution is 5.92. The number of hydrogen-bond donors (Lipinski definition) is 2. The van der Waals surface area contributed by atoms with Crippen LogP contribution in [0.25, 0.3) is 0 Å². The standard InChI is InChI=1S/C19H25N5O2/c1-2-3-10-20-19(25)16-8-9-18(23-22-16)21-15-6-4-5-7-17(15)24-11-13-26-14-12-24/h4-9H,2-3,10-14H2,1H3,(H,20,25)(H,21,23). The van der Waals surface area contributed by atoms with Gasteiger partial charge in [-0.15, -0.1) is 10.2 Å². The molecule has 1 saturated heterocycles. The van der Waals surface area contributed by atoms with Crippen LogP contribution in [0.3, 0.4) is 0 Å². The molecule has 26 heavy (non-hydrogen) atoms. The topological polar surface area (TPSA) is 79.4 Å². The van der Waals surface area contributed by atoms with Crippen molar-refractivity contribution in [2.24, 2.45) is 0 Å². The van der Waals surface area contributed by atoms with Crippen molar-refractivity contribution >= 4 is 23.1 Å². The van der Waals surface area contributed by atoms with Crippen LogP contribution in [0.2, 0.25) is 0 Å². The second-order valence-corrected chi connectivity index (χ2v) is 6.15. The van der Waals surface area contributed by atoms with E-state index in [2.05, 4.69) is 38.7 Å². The van der Waals surface area contributed by atoms with Crippen molar-refractivity contribution in [3.63, 3.8) is 0 Å². The van der Waals surface area contributed by atoms with Gasteiger partial charge in [-0.25, -0.2) is 0 Å². The predicted molar refractivity (Wildman–Crippen MR) is 102 cm³/mol. The van der Waals surface area contributed by atoms with Crippen molar-refractivity contribution in [2.45, 2.75) is 19.8 Å². The summed E-state index contributed by atoms with van der Waals surface area (Å²) in [7, 11) is 0. The lowest BCUT2D eigenvalue weighted by Gasteiger charge is -2.30. The molecule has 1 aromatic carbocycles. The van der Waals surface area contributed by atoms with Crippen molar-refractivity contribution in [3.05, 3.63) is 42.1 Å². The van der Waals surface area contributed by atoms with E-state index in [1.54, 1.807) is 12.1 Å². The van der Waals surface area contributed by atoms with Gasteiger partial charge in [0.25, 0.3) is 5.91 Å². The SMILES string of the molecule is CCCCNC(=O)c1ccc(Nc2ccccc2N2CCOCC2)nn1. The lowest BCUT2D eigenvalue weighted by molar-refractivity contribution is 0.0947. The van der Waals surface area contributed by atoms with Gasteiger partial charge in [-0.3, -0.25) is 4.79 Å². The van der Waals surface area contributed by atoms with Crippen LogP contribution in [0.5, 0.6) is 0 Å². The molecule has 0 spiro atoms. The quantitative estimate of drug-likeness (QED) is 0.743. The average molecular weight is 355 g/mol. The largest absolute Gasteiger partial charge is 0.378 e. The van der Waals surface area contributed by atoms with E-state index in [4.69, 9.17) is 4.74 Å². The minimum Gasteiger partial charge on any atom is -0.378 e. The molecule has 0 aliphatic carbocycles. The number of ether oxygens (including phenoxy) is 1. The minimum atomic E-state index is -0.189. The highest BCUT2D eigenvalue weighted by Gasteiger charge is 2.15. The number of anilines is 3. The monoisotopic (exact) mass is 355 g/mol. The van der Waals surface area contributed by atoms with E-state index in [0.29, 0.717) is 18.1 Å². The molecule has 1 fully saturated rings. The van der Waals surface area contributed by atoms with Crippen LogP contribution in [0, 0.1) is 0 Å². The number of nitrogens with one attached hydrogen (secondary N) is 2. The Hall–Kier alpha value is -2.67. The summed E-state index contributed by atoms with van der Waals surface area (Å²) in [5.74, 6) is 0.419. The number of unbranched alkanes of at least 4 members (excludes halogenated alkanes) is 1. The Morgan fingerprint density at radius 2 is 1.96 bits per heavy atom. The summed E-state index contributed by atoms with van der Waals surface area (Å²) >= 11 is 0. The fourth-order valence-electron chi connectivity index (χ4n) is 2.79. The first-order valence-corrected chi connectivity index (χ1v) is 9.08. The Morgan fingerprint density at radius 1 is 1.15 bits per heavy atom. The maximum atomic E-state index is 12.0. The van der Waals surface area contributed by atoms with Gasteiger partial charge in [0.2, 0.25) is 0 Å². The molecule has 3 rings (SSSR count). The molecule has 0 atom stereocenters. The van der Waals surface area contributed by atoms with Crippen molar-refractivity contribution in [2.75, 3.05) is 43.1 Å². The lowest BCUT2D eigenvalue weighted by Crippen LogP contribution is -2.36. The zero-order chi connectivity index (χ0) is 18.2. The summed E-state index contributed by atoms with van der Waals surface area (Å²) in [6, 6.07) is 11.6. The van der Waals surface area contributed by atoms with Gasteiger partial charge < -0.3 is 20.3 Å². The number of nitrogens with zero attached hydrogens (tertiary/aromatic N) is 3. The van der Waals surface area contributed by atoms with Gasteiger partial charge in [0.1, 0.15) is 0 Å². The molecule has 0 bridgehead atoms. The van der Waals surface area contributed by atoms with Crippen molar-refractivity contribution in [3.8, 4) is 0 Å². The zero-order valence-corrected chi connectivity index (χ0v) is 15.1. The summed E-state index contributed by atoms with van der Waals surface area (Å²) in [5, 5.41) is 14.3. The van der Waals surface area contributed by atoms with E-state index in [9.17, 15) is 4.79 Å². The van der Waals surface area contributed by atoms with Crippen molar-refractivity contribution in [1.29, 1.82) is 0 Å². The Balaban J connectivity index is 1.67. The fourth-order valence-corrected chi connectivity index (χ4v) is 2.79. The Morgan fingerprint density at radius 3 is 2.69 bits per heavy atom. The number of carbonyl (C=O) groups excluding carboxylic acids is 1.